The van der Waals surface area contributed by atoms with E-state index in [0.29, 0.717) is 32.3 Å². The third-order valence-corrected chi connectivity index (χ3v) is 2.97. The molecular weight excluding hydrogens is 347 g/mol. The molecule has 2 fully saturated rings. The van der Waals surface area contributed by atoms with E-state index in [9.17, 15) is 4.79 Å². The molecule has 0 spiro atoms. The second-order valence-corrected chi connectivity index (χ2v) is 4.40. The maximum Gasteiger partial charge on any atom is 0.223 e. The first-order chi connectivity index (χ1) is 8.27. The van der Waals surface area contributed by atoms with Gasteiger partial charge in [-0.05, 0) is 12.8 Å². The largest absolute Gasteiger partial charge is 0.378 e. The summed E-state index contributed by atoms with van der Waals surface area (Å²) in [6, 6.07) is 0. The average Bonchev–Trinajstić information content (AvgIpc) is 3.19. The Labute approximate surface area is 124 Å². The van der Waals surface area contributed by atoms with Crippen LogP contribution >= 0.6 is 24.0 Å². The van der Waals surface area contributed by atoms with Gasteiger partial charge in [0.25, 0.3) is 0 Å². The quantitative estimate of drug-likeness (QED) is 0.311. The van der Waals surface area contributed by atoms with Crippen molar-refractivity contribution in [1.82, 2.24) is 10.2 Å². The molecule has 1 heterocycles. The van der Waals surface area contributed by atoms with E-state index in [2.05, 4.69) is 10.3 Å². The molecule has 1 amide bonds. The first-order valence-corrected chi connectivity index (χ1v) is 6.17. The number of hydrogen-bond donors (Lipinski definition) is 2. The Hall–Kier alpha value is -0.570. The zero-order valence-electron chi connectivity index (χ0n) is 10.4. The summed E-state index contributed by atoms with van der Waals surface area (Å²) in [7, 11) is 0. The van der Waals surface area contributed by atoms with Crippen molar-refractivity contribution in [2.24, 2.45) is 16.6 Å². The van der Waals surface area contributed by atoms with Crippen molar-refractivity contribution in [2.45, 2.75) is 12.8 Å². The van der Waals surface area contributed by atoms with Crippen LogP contribution in [0.2, 0.25) is 0 Å². The van der Waals surface area contributed by atoms with Crippen LogP contribution in [0.1, 0.15) is 12.8 Å². The van der Waals surface area contributed by atoms with Crippen LogP contribution in [0.4, 0.5) is 0 Å². The highest BCUT2D eigenvalue weighted by Gasteiger charge is 2.28. The molecule has 0 radical (unpaired) electrons. The number of rotatable bonds is 4. The molecule has 0 aromatic carbocycles. The SMILES string of the molecule is I.NC(=NCCNC(=O)C1CC1)N1CCOCC1. The van der Waals surface area contributed by atoms with E-state index in [1.165, 1.54) is 0 Å². The number of nitrogens with one attached hydrogen (secondary N) is 1. The predicted octanol–water partition coefficient (Wildman–Crippen LogP) is -0.222. The Kier molecular flexibility index (Phi) is 6.69. The van der Waals surface area contributed by atoms with Gasteiger partial charge in [-0.2, -0.15) is 0 Å². The second kappa shape index (κ2) is 7.78. The topological polar surface area (TPSA) is 79.9 Å². The number of aliphatic imine (C=N–C) groups is 1. The van der Waals surface area contributed by atoms with Gasteiger partial charge in [-0.1, -0.05) is 0 Å². The second-order valence-electron chi connectivity index (χ2n) is 4.40. The van der Waals surface area contributed by atoms with E-state index >= 15 is 0 Å². The molecule has 0 unspecified atom stereocenters. The number of nitrogens with two attached hydrogens (primary N) is 1. The van der Waals surface area contributed by atoms with Crippen LogP contribution in [0.5, 0.6) is 0 Å². The molecular formula is C11H21IN4O2. The molecule has 1 aliphatic carbocycles. The molecule has 18 heavy (non-hydrogen) atoms. The lowest BCUT2D eigenvalue weighted by Gasteiger charge is -2.27. The van der Waals surface area contributed by atoms with Gasteiger partial charge in [-0.3, -0.25) is 9.79 Å². The summed E-state index contributed by atoms with van der Waals surface area (Å²) in [6.45, 7) is 4.11. The zero-order valence-corrected chi connectivity index (χ0v) is 12.8. The zero-order chi connectivity index (χ0) is 12.1. The number of nitrogens with zero attached hydrogens (tertiary/aromatic N) is 2. The van der Waals surface area contributed by atoms with E-state index in [0.717, 1.165) is 25.9 Å². The molecule has 104 valence electrons. The summed E-state index contributed by atoms with van der Waals surface area (Å²) in [5.41, 5.74) is 5.85. The summed E-state index contributed by atoms with van der Waals surface area (Å²) in [5.74, 6) is 0.967. The van der Waals surface area contributed by atoms with Gasteiger partial charge >= 0.3 is 0 Å². The summed E-state index contributed by atoms with van der Waals surface area (Å²) >= 11 is 0. The fourth-order valence-corrected chi connectivity index (χ4v) is 1.73. The molecule has 0 aromatic rings. The highest BCUT2D eigenvalue weighted by molar-refractivity contribution is 14.0. The fraction of sp³-hybridized carbons (Fsp3) is 0.818. The van der Waals surface area contributed by atoms with E-state index < -0.39 is 0 Å². The Morgan fingerprint density at radius 1 is 1.39 bits per heavy atom. The Bertz CT molecular complexity index is 301. The standard InChI is InChI=1S/C11H20N4O2.HI/c12-11(15-5-7-17-8-6-15)14-4-3-13-10(16)9-1-2-9;/h9H,1-8H2,(H2,12,14)(H,13,16);1H. The van der Waals surface area contributed by atoms with Crippen LogP contribution < -0.4 is 11.1 Å². The van der Waals surface area contributed by atoms with Crippen molar-refractivity contribution in [3.05, 3.63) is 0 Å². The molecule has 0 atom stereocenters. The number of hydrogen-bond acceptors (Lipinski definition) is 3. The normalized spacial score (nSPS) is 20.2. The Balaban J connectivity index is 0.00000162. The highest BCUT2D eigenvalue weighted by atomic mass is 127. The minimum atomic E-state index is 0. The lowest BCUT2D eigenvalue weighted by atomic mass is 10.4. The van der Waals surface area contributed by atoms with Crippen LogP contribution in [-0.2, 0) is 9.53 Å². The van der Waals surface area contributed by atoms with Gasteiger partial charge in [0.05, 0.1) is 19.8 Å². The van der Waals surface area contributed by atoms with Crippen LogP contribution in [0, 0.1) is 5.92 Å². The highest BCUT2D eigenvalue weighted by Crippen LogP contribution is 2.28. The molecule has 6 nitrogen and oxygen atoms in total. The minimum Gasteiger partial charge on any atom is -0.378 e. The van der Waals surface area contributed by atoms with Crippen molar-refractivity contribution in [1.29, 1.82) is 0 Å². The van der Waals surface area contributed by atoms with Crippen molar-refractivity contribution >= 4 is 35.8 Å². The third kappa shape index (κ3) is 4.97. The van der Waals surface area contributed by atoms with E-state index in [1.54, 1.807) is 0 Å². The third-order valence-electron chi connectivity index (χ3n) is 2.97. The summed E-state index contributed by atoms with van der Waals surface area (Å²) in [4.78, 5) is 17.6. The fourth-order valence-electron chi connectivity index (χ4n) is 1.73. The first kappa shape index (κ1) is 15.5. The lowest BCUT2D eigenvalue weighted by molar-refractivity contribution is -0.122. The van der Waals surface area contributed by atoms with Crippen LogP contribution in [0.3, 0.4) is 0 Å². The van der Waals surface area contributed by atoms with Crippen LogP contribution in [-0.4, -0.2) is 56.2 Å². The molecule has 7 heteroatoms. The van der Waals surface area contributed by atoms with Gasteiger partial charge in [0.1, 0.15) is 0 Å². The van der Waals surface area contributed by atoms with Gasteiger partial charge in [-0.15, -0.1) is 24.0 Å². The van der Waals surface area contributed by atoms with Gasteiger partial charge in [0.15, 0.2) is 5.96 Å². The van der Waals surface area contributed by atoms with Gasteiger partial charge in [-0.25, -0.2) is 0 Å². The van der Waals surface area contributed by atoms with Crippen molar-refractivity contribution in [3.8, 4) is 0 Å². The number of ether oxygens (including phenoxy) is 1. The number of carbonyl (C=O) groups is 1. The average molecular weight is 368 g/mol. The van der Waals surface area contributed by atoms with E-state index in [4.69, 9.17) is 10.5 Å². The molecule has 3 N–H and O–H groups in total. The number of amides is 1. The number of morpholine rings is 1. The minimum absolute atomic E-state index is 0. The van der Waals surface area contributed by atoms with E-state index in [1.807, 2.05) is 4.90 Å². The predicted molar refractivity (Wildman–Crippen MR) is 80.0 cm³/mol. The van der Waals surface area contributed by atoms with E-state index in [-0.39, 0.29) is 35.8 Å². The maximum atomic E-state index is 11.3. The molecule has 1 saturated carbocycles. The van der Waals surface area contributed by atoms with Crippen molar-refractivity contribution < 1.29 is 9.53 Å². The summed E-state index contributed by atoms with van der Waals surface area (Å²) in [6.07, 6.45) is 2.07. The maximum absolute atomic E-state index is 11.3. The molecule has 1 aliphatic heterocycles. The number of halogens is 1. The molecule has 0 aromatic heterocycles. The van der Waals surface area contributed by atoms with Gasteiger partial charge in [0.2, 0.25) is 5.91 Å². The molecule has 0 bridgehead atoms. The monoisotopic (exact) mass is 368 g/mol. The molecule has 1 saturated heterocycles. The van der Waals surface area contributed by atoms with Crippen molar-refractivity contribution in [3.63, 3.8) is 0 Å². The number of guanidine groups is 1. The Morgan fingerprint density at radius 3 is 2.67 bits per heavy atom. The first-order valence-electron chi connectivity index (χ1n) is 6.17. The van der Waals surface area contributed by atoms with Crippen molar-refractivity contribution in [2.75, 3.05) is 39.4 Å². The smallest absolute Gasteiger partial charge is 0.223 e. The van der Waals surface area contributed by atoms with Crippen LogP contribution in [0.15, 0.2) is 4.99 Å². The van der Waals surface area contributed by atoms with Crippen LogP contribution in [0.25, 0.3) is 0 Å². The molecule has 2 rings (SSSR count). The van der Waals surface area contributed by atoms with Gasteiger partial charge < -0.3 is 20.7 Å². The Morgan fingerprint density at radius 2 is 2.06 bits per heavy atom. The lowest BCUT2D eigenvalue weighted by Crippen LogP contribution is -2.45. The molecule has 2 aliphatic rings. The summed E-state index contributed by atoms with van der Waals surface area (Å²) in [5, 5.41) is 2.86. The number of carbonyl (C=O) groups excluding carboxylic acids is 1. The summed E-state index contributed by atoms with van der Waals surface area (Å²) < 4.78 is 5.23. The van der Waals surface area contributed by atoms with Gasteiger partial charge in [0, 0.05) is 25.6 Å².